The van der Waals surface area contributed by atoms with E-state index in [2.05, 4.69) is 10.1 Å². The second kappa shape index (κ2) is 7.76. The molecule has 28 heavy (non-hydrogen) atoms. The summed E-state index contributed by atoms with van der Waals surface area (Å²) in [6.45, 7) is 1.67. The fourth-order valence-electron chi connectivity index (χ4n) is 3.08. The van der Waals surface area contributed by atoms with E-state index in [-0.39, 0.29) is 22.5 Å². The molecule has 1 aromatic heterocycles. The van der Waals surface area contributed by atoms with Gasteiger partial charge in [0.05, 0.1) is 11.0 Å². The maximum Gasteiger partial charge on any atom is 0.295 e. The molecule has 1 aliphatic rings. The molecule has 2 heterocycles. The molecule has 0 bridgehead atoms. The van der Waals surface area contributed by atoms with Crippen LogP contribution in [0.1, 0.15) is 17.3 Å². The Kier molecular flexibility index (Phi) is 5.19. The number of rotatable bonds is 4. The quantitative estimate of drug-likeness (QED) is 0.476. The number of aromatic nitrogens is 3. The number of aryl methyl sites for hydroxylation is 1. The second-order valence-corrected chi connectivity index (χ2v) is 8.60. The average molecular weight is 412 g/mol. The Balaban J connectivity index is 1.72. The van der Waals surface area contributed by atoms with Crippen LogP contribution in [0.25, 0.3) is 0 Å². The van der Waals surface area contributed by atoms with Crippen molar-refractivity contribution in [1.82, 2.24) is 14.8 Å². The summed E-state index contributed by atoms with van der Waals surface area (Å²) in [5.74, 6) is 0.748. The molecule has 1 aliphatic heterocycles. The van der Waals surface area contributed by atoms with Crippen LogP contribution in [0.15, 0.2) is 69.4 Å². The largest absolute Gasteiger partial charge is 0.295 e. The SMILES string of the molecule is Cc1nn2c(nc1=O)SCC(Sc1ccc([N+](=O)[O-])cc1)C2c1ccccc1. The van der Waals surface area contributed by atoms with Crippen molar-refractivity contribution in [3.63, 3.8) is 0 Å². The molecule has 9 heteroatoms. The van der Waals surface area contributed by atoms with E-state index in [1.807, 2.05) is 35.0 Å². The predicted octanol–water partition coefficient (Wildman–Crippen LogP) is 3.71. The summed E-state index contributed by atoms with van der Waals surface area (Å²) in [5.41, 5.74) is 1.23. The summed E-state index contributed by atoms with van der Waals surface area (Å²) < 4.78 is 1.84. The molecule has 7 nitrogen and oxygen atoms in total. The van der Waals surface area contributed by atoms with Gasteiger partial charge in [0, 0.05) is 28.0 Å². The summed E-state index contributed by atoms with van der Waals surface area (Å²) in [6, 6.07) is 16.5. The predicted molar refractivity (Wildman–Crippen MR) is 109 cm³/mol. The van der Waals surface area contributed by atoms with Crippen molar-refractivity contribution in [2.45, 2.75) is 28.3 Å². The maximum absolute atomic E-state index is 11.9. The topological polar surface area (TPSA) is 90.9 Å². The maximum atomic E-state index is 11.9. The molecule has 0 N–H and O–H groups in total. The van der Waals surface area contributed by atoms with Crippen molar-refractivity contribution in [2.75, 3.05) is 5.75 Å². The minimum absolute atomic E-state index is 0.0752. The van der Waals surface area contributed by atoms with Crippen LogP contribution in [-0.2, 0) is 0 Å². The van der Waals surface area contributed by atoms with Gasteiger partial charge >= 0.3 is 0 Å². The summed E-state index contributed by atoms with van der Waals surface area (Å²) in [7, 11) is 0. The van der Waals surface area contributed by atoms with Crippen LogP contribution in [0.2, 0.25) is 0 Å². The molecule has 2 atom stereocenters. The number of hydrogen-bond acceptors (Lipinski definition) is 7. The van der Waals surface area contributed by atoms with Crippen molar-refractivity contribution in [1.29, 1.82) is 0 Å². The van der Waals surface area contributed by atoms with E-state index < -0.39 is 4.92 Å². The van der Waals surface area contributed by atoms with Crippen LogP contribution in [0.5, 0.6) is 0 Å². The summed E-state index contributed by atoms with van der Waals surface area (Å²) >= 11 is 3.16. The summed E-state index contributed by atoms with van der Waals surface area (Å²) in [6.07, 6.45) is 0. The first-order chi connectivity index (χ1) is 13.5. The Bertz CT molecular complexity index is 1070. The van der Waals surface area contributed by atoms with Gasteiger partial charge < -0.3 is 0 Å². The summed E-state index contributed by atoms with van der Waals surface area (Å²) in [5, 5.41) is 16.1. The van der Waals surface area contributed by atoms with E-state index >= 15 is 0 Å². The van der Waals surface area contributed by atoms with E-state index in [1.54, 1.807) is 30.8 Å². The van der Waals surface area contributed by atoms with Gasteiger partial charge in [-0.3, -0.25) is 14.9 Å². The molecule has 4 rings (SSSR count). The zero-order valence-electron chi connectivity index (χ0n) is 14.9. The molecule has 0 radical (unpaired) electrons. The molecular weight excluding hydrogens is 396 g/mol. The van der Waals surface area contributed by atoms with Crippen LogP contribution >= 0.6 is 23.5 Å². The average Bonchev–Trinajstić information content (AvgIpc) is 2.70. The zero-order chi connectivity index (χ0) is 19.7. The standard InChI is InChI=1S/C19H16N4O3S2/c1-12-18(24)20-19-22(21-12)17(13-5-3-2-4-6-13)16(11-27-19)28-15-9-7-14(8-10-15)23(25)26/h2-10,16-17H,11H2,1H3. The van der Waals surface area contributed by atoms with Gasteiger partial charge in [0.15, 0.2) is 5.16 Å². The van der Waals surface area contributed by atoms with Gasteiger partial charge in [-0.15, -0.1) is 11.8 Å². The van der Waals surface area contributed by atoms with E-state index in [1.165, 1.54) is 23.9 Å². The van der Waals surface area contributed by atoms with E-state index in [0.29, 0.717) is 10.9 Å². The lowest BCUT2D eigenvalue weighted by Crippen LogP contribution is -2.35. The van der Waals surface area contributed by atoms with E-state index in [9.17, 15) is 14.9 Å². The van der Waals surface area contributed by atoms with Crippen LogP contribution in [-0.4, -0.2) is 30.7 Å². The molecule has 0 fully saturated rings. The molecule has 3 aromatic rings. The highest BCUT2D eigenvalue weighted by molar-refractivity contribution is 8.03. The minimum atomic E-state index is -0.400. The Labute approximate surface area is 169 Å². The van der Waals surface area contributed by atoms with Gasteiger partial charge in [-0.1, -0.05) is 42.1 Å². The first kappa shape index (κ1) is 18.7. The number of fused-ring (bicyclic) bond motifs is 1. The molecule has 0 spiro atoms. The van der Waals surface area contributed by atoms with Crippen molar-refractivity contribution >= 4 is 29.2 Å². The highest BCUT2D eigenvalue weighted by Gasteiger charge is 2.33. The van der Waals surface area contributed by atoms with Crippen molar-refractivity contribution in [3.8, 4) is 0 Å². The number of nitro groups is 1. The van der Waals surface area contributed by atoms with Gasteiger partial charge in [-0.25, -0.2) is 4.68 Å². The van der Waals surface area contributed by atoms with E-state index in [4.69, 9.17) is 0 Å². The van der Waals surface area contributed by atoms with Gasteiger partial charge in [-0.05, 0) is 24.6 Å². The lowest BCUT2D eigenvalue weighted by atomic mass is 10.0. The Hall–Kier alpha value is -2.65. The lowest BCUT2D eigenvalue weighted by Gasteiger charge is -2.33. The Morgan fingerprint density at radius 2 is 1.89 bits per heavy atom. The first-order valence-corrected chi connectivity index (χ1v) is 10.5. The second-order valence-electron chi connectivity index (χ2n) is 6.30. The molecule has 0 amide bonds. The molecule has 2 unspecified atom stereocenters. The fourth-order valence-corrected chi connectivity index (χ4v) is 5.53. The Morgan fingerprint density at radius 3 is 2.57 bits per heavy atom. The third-order valence-corrected chi connectivity index (χ3v) is 6.97. The number of thioether (sulfide) groups is 2. The van der Waals surface area contributed by atoms with Crippen molar-refractivity contribution < 1.29 is 4.92 Å². The van der Waals surface area contributed by atoms with E-state index in [0.717, 1.165) is 16.2 Å². The third-order valence-electron chi connectivity index (χ3n) is 4.43. The molecular formula is C19H16N4O3S2. The Morgan fingerprint density at radius 1 is 1.18 bits per heavy atom. The molecule has 2 aromatic carbocycles. The number of benzene rings is 2. The minimum Gasteiger partial charge on any atom is -0.265 e. The highest BCUT2D eigenvalue weighted by atomic mass is 32.2. The zero-order valence-corrected chi connectivity index (χ0v) is 16.5. The van der Waals surface area contributed by atoms with Crippen LogP contribution in [0.4, 0.5) is 5.69 Å². The number of nitro benzene ring substituents is 1. The monoisotopic (exact) mass is 412 g/mol. The van der Waals surface area contributed by atoms with Crippen LogP contribution in [0.3, 0.4) is 0 Å². The number of nitrogens with zero attached hydrogens (tertiary/aromatic N) is 4. The molecule has 0 saturated heterocycles. The lowest BCUT2D eigenvalue weighted by molar-refractivity contribution is -0.384. The number of hydrogen-bond donors (Lipinski definition) is 0. The number of non-ortho nitro benzene ring substituents is 1. The fraction of sp³-hybridized carbons (Fsp3) is 0.211. The molecule has 142 valence electrons. The normalized spacial score (nSPS) is 18.5. The molecule has 0 aliphatic carbocycles. The van der Waals surface area contributed by atoms with Gasteiger partial charge in [-0.2, -0.15) is 10.1 Å². The van der Waals surface area contributed by atoms with Crippen LogP contribution in [0, 0.1) is 17.0 Å². The third kappa shape index (κ3) is 3.67. The van der Waals surface area contributed by atoms with Crippen molar-refractivity contribution in [2.24, 2.45) is 0 Å². The first-order valence-electron chi connectivity index (χ1n) is 8.59. The summed E-state index contributed by atoms with van der Waals surface area (Å²) in [4.78, 5) is 27.6. The van der Waals surface area contributed by atoms with Gasteiger partial charge in [0.1, 0.15) is 5.69 Å². The van der Waals surface area contributed by atoms with Gasteiger partial charge in [0.2, 0.25) is 0 Å². The highest BCUT2D eigenvalue weighted by Crippen LogP contribution is 2.42. The smallest absolute Gasteiger partial charge is 0.265 e. The van der Waals surface area contributed by atoms with Crippen LogP contribution < -0.4 is 5.56 Å². The van der Waals surface area contributed by atoms with Gasteiger partial charge in [0.25, 0.3) is 11.2 Å². The van der Waals surface area contributed by atoms with Crippen molar-refractivity contribution in [3.05, 3.63) is 86.3 Å². The molecule has 0 saturated carbocycles.